The molecule has 0 aliphatic heterocycles. The van der Waals surface area contributed by atoms with Gasteiger partial charge in [0, 0.05) is 11.8 Å². The smallest absolute Gasteiger partial charge is 0.369 e. The molecular weight excluding hydrogens is 333 g/mol. The van der Waals surface area contributed by atoms with Gasteiger partial charge in [0.1, 0.15) is 11.6 Å². The van der Waals surface area contributed by atoms with Gasteiger partial charge in [-0.1, -0.05) is 30.1 Å². The Morgan fingerprint density at radius 1 is 1.25 bits per heavy atom. The summed E-state index contributed by atoms with van der Waals surface area (Å²) in [5.74, 6) is -1.23. The summed E-state index contributed by atoms with van der Waals surface area (Å²) in [5, 5.41) is 17.2. The maximum absolute atomic E-state index is 13.4. The monoisotopic (exact) mass is 349 g/mol. The largest absolute Gasteiger partial charge is 0.510 e. The van der Waals surface area contributed by atoms with E-state index in [1.807, 2.05) is 0 Å². The third-order valence-corrected chi connectivity index (χ3v) is 5.08. The molecule has 6 nitrogen and oxygen atoms in total. The van der Waals surface area contributed by atoms with Crippen LogP contribution >= 0.6 is 11.9 Å². The molecule has 2 aliphatic carbocycles. The maximum atomic E-state index is 13.4. The van der Waals surface area contributed by atoms with Crippen molar-refractivity contribution >= 4 is 23.8 Å². The number of halogens is 1. The minimum absolute atomic E-state index is 0.0667. The van der Waals surface area contributed by atoms with Crippen molar-refractivity contribution in [2.75, 3.05) is 0 Å². The standard InChI is InChI=1S/C16H16FN3O3S/c17-11-7-3-4-8-12(11)24-20-16(23)19-18-13-14(21)9-5-1-2-6-10(9)15(13)22/h3-4,7-10,21H,1-2,5-6H2,(H,20,23). The zero-order valence-electron chi connectivity index (χ0n) is 12.7. The van der Waals surface area contributed by atoms with Crippen molar-refractivity contribution in [2.24, 2.45) is 22.1 Å². The molecule has 0 saturated heterocycles. The molecule has 2 unspecified atom stereocenters. The fourth-order valence-electron chi connectivity index (χ4n) is 3.09. The number of ketones is 1. The number of nitrogens with zero attached hydrogens (tertiary/aromatic N) is 2. The van der Waals surface area contributed by atoms with Crippen molar-refractivity contribution in [3.8, 4) is 0 Å². The van der Waals surface area contributed by atoms with Gasteiger partial charge >= 0.3 is 6.03 Å². The molecule has 2 N–H and O–H groups in total. The predicted octanol–water partition coefficient (Wildman–Crippen LogP) is 4.15. The normalized spacial score (nSPS) is 23.6. The van der Waals surface area contributed by atoms with Gasteiger partial charge in [-0.15, -0.1) is 5.11 Å². The first-order valence-electron chi connectivity index (χ1n) is 7.68. The molecule has 0 bridgehead atoms. The number of aliphatic hydroxyl groups is 1. The third-order valence-electron chi connectivity index (χ3n) is 4.26. The second kappa shape index (κ2) is 7.12. The Labute approximate surface area is 142 Å². The average molecular weight is 349 g/mol. The number of aliphatic hydroxyl groups excluding tert-OH is 1. The van der Waals surface area contributed by atoms with Gasteiger partial charge in [-0.05, 0) is 36.9 Å². The molecule has 1 saturated carbocycles. The molecular formula is C16H16FN3O3S. The van der Waals surface area contributed by atoms with Crippen LogP contribution in [0.1, 0.15) is 25.7 Å². The van der Waals surface area contributed by atoms with E-state index < -0.39 is 11.8 Å². The van der Waals surface area contributed by atoms with Crippen molar-refractivity contribution in [2.45, 2.75) is 30.6 Å². The van der Waals surface area contributed by atoms with Crippen molar-refractivity contribution in [3.05, 3.63) is 41.5 Å². The lowest BCUT2D eigenvalue weighted by atomic mass is 9.80. The fourth-order valence-corrected chi connectivity index (χ4v) is 3.64. The average Bonchev–Trinajstić information content (AvgIpc) is 2.84. The molecule has 3 rings (SSSR count). The van der Waals surface area contributed by atoms with E-state index in [1.54, 1.807) is 12.1 Å². The second-order valence-corrected chi connectivity index (χ2v) is 6.58. The van der Waals surface area contributed by atoms with Gasteiger partial charge in [-0.2, -0.15) is 0 Å². The minimum Gasteiger partial charge on any atom is -0.510 e. The van der Waals surface area contributed by atoms with Crippen molar-refractivity contribution in [3.63, 3.8) is 0 Å². The van der Waals surface area contributed by atoms with Crippen LogP contribution in [-0.2, 0) is 4.79 Å². The molecule has 0 radical (unpaired) electrons. The number of Topliss-reactive ketones (excluding diaryl/α,β-unsaturated/α-hetero) is 1. The Kier molecular flexibility index (Phi) is 4.94. The Morgan fingerprint density at radius 2 is 1.96 bits per heavy atom. The summed E-state index contributed by atoms with van der Waals surface area (Å²) in [6.07, 6.45) is 3.38. The number of nitrogens with one attached hydrogen (secondary N) is 1. The van der Waals surface area contributed by atoms with E-state index in [9.17, 15) is 19.1 Å². The number of benzene rings is 1. The second-order valence-electron chi connectivity index (χ2n) is 5.74. The number of allylic oxidation sites excluding steroid dienone is 2. The number of hydrogen-bond acceptors (Lipinski definition) is 5. The summed E-state index contributed by atoms with van der Waals surface area (Å²) in [6, 6.07) is 5.14. The van der Waals surface area contributed by atoms with Crippen LogP contribution in [0.25, 0.3) is 0 Å². The van der Waals surface area contributed by atoms with E-state index in [0.717, 1.165) is 37.6 Å². The summed E-state index contributed by atoms with van der Waals surface area (Å²) in [6.45, 7) is 0. The quantitative estimate of drug-likeness (QED) is 0.633. The number of fused-ring (bicyclic) bond motifs is 1. The molecule has 1 aromatic carbocycles. The Bertz CT molecular complexity index is 735. The van der Waals surface area contributed by atoms with Gasteiger partial charge in [-0.3, -0.25) is 9.52 Å². The lowest BCUT2D eigenvalue weighted by Gasteiger charge is -2.23. The Hall–Kier alpha value is -2.22. The summed E-state index contributed by atoms with van der Waals surface area (Å²) < 4.78 is 15.8. The highest BCUT2D eigenvalue weighted by Gasteiger charge is 2.43. The molecule has 0 heterocycles. The summed E-state index contributed by atoms with van der Waals surface area (Å²) in [7, 11) is 0. The van der Waals surface area contributed by atoms with Crippen molar-refractivity contribution < 1.29 is 19.1 Å². The van der Waals surface area contributed by atoms with Gasteiger partial charge in [0.05, 0.1) is 4.90 Å². The van der Waals surface area contributed by atoms with E-state index in [4.69, 9.17) is 0 Å². The van der Waals surface area contributed by atoms with Crippen molar-refractivity contribution in [1.82, 2.24) is 4.72 Å². The number of rotatable bonds is 3. The first-order chi connectivity index (χ1) is 11.6. The summed E-state index contributed by atoms with van der Waals surface area (Å²) >= 11 is 0.768. The molecule has 2 amide bonds. The maximum Gasteiger partial charge on any atom is 0.369 e. The molecule has 126 valence electrons. The lowest BCUT2D eigenvalue weighted by Crippen LogP contribution is -2.21. The molecule has 0 aromatic heterocycles. The highest BCUT2D eigenvalue weighted by molar-refractivity contribution is 7.98. The summed E-state index contributed by atoms with van der Waals surface area (Å²) in [4.78, 5) is 24.2. The first-order valence-corrected chi connectivity index (χ1v) is 8.50. The van der Waals surface area contributed by atoms with Crippen LogP contribution in [0, 0.1) is 17.7 Å². The first kappa shape index (κ1) is 16.6. The van der Waals surface area contributed by atoms with Gasteiger partial charge in [0.15, 0.2) is 11.5 Å². The molecule has 2 atom stereocenters. The fraction of sp³-hybridized carbons (Fsp3) is 0.375. The molecule has 0 spiro atoms. The zero-order chi connectivity index (χ0) is 17.1. The highest BCUT2D eigenvalue weighted by Crippen LogP contribution is 2.42. The number of azo groups is 1. The molecule has 24 heavy (non-hydrogen) atoms. The van der Waals surface area contributed by atoms with Crippen LogP contribution < -0.4 is 4.72 Å². The van der Waals surface area contributed by atoms with Crippen LogP contribution in [0.5, 0.6) is 0 Å². The topological polar surface area (TPSA) is 91.1 Å². The number of amides is 2. The molecule has 2 aliphatic rings. The zero-order valence-corrected chi connectivity index (χ0v) is 13.6. The predicted molar refractivity (Wildman–Crippen MR) is 85.8 cm³/mol. The van der Waals surface area contributed by atoms with E-state index in [2.05, 4.69) is 15.0 Å². The molecule has 8 heteroatoms. The van der Waals surface area contributed by atoms with Crippen LogP contribution in [0.15, 0.2) is 50.8 Å². The van der Waals surface area contributed by atoms with Gasteiger partial charge in [0.2, 0.25) is 0 Å². The third kappa shape index (κ3) is 3.33. The number of urea groups is 1. The van der Waals surface area contributed by atoms with Crippen LogP contribution in [0.2, 0.25) is 0 Å². The van der Waals surface area contributed by atoms with Crippen LogP contribution in [0.4, 0.5) is 9.18 Å². The van der Waals surface area contributed by atoms with Gasteiger partial charge in [-0.25, -0.2) is 9.18 Å². The van der Waals surface area contributed by atoms with Gasteiger partial charge in [0.25, 0.3) is 0 Å². The molecule has 1 fully saturated rings. The Morgan fingerprint density at radius 3 is 2.67 bits per heavy atom. The van der Waals surface area contributed by atoms with Gasteiger partial charge < -0.3 is 5.11 Å². The van der Waals surface area contributed by atoms with E-state index >= 15 is 0 Å². The highest BCUT2D eigenvalue weighted by atomic mass is 32.2. The lowest BCUT2D eigenvalue weighted by molar-refractivity contribution is -0.120. The molecule has 1 aromatic rings. The number of hydrogen-bond donors (Lipinski definition) is 2. The van der Waals surface area contributed by atoms with Crippen LogP contribution in [0.3, 0.4) is 0 Å². The minimum atomic E-state index is -0.828. The Balaban J connectivity index is 1.63. The van der Waals surface area contributed by atoms with Crippen LogP contribution in [-0.4, -0.2) is 16.9 Å². The SMILES string of the molecule is O=C(N=NC1=C(O)C2CCCCC2C1=O)NSc1ccccc1F. The van der Waals surface area contributed by atoms with Crippen molar-refractivity contribution in [1.29, 1.82) is 0 Å². The number of carbonyl (C=O) groups excluding carboxylic acids is 2. The van der Waals surface area contributed by atoms with E-state index in [1.165, 1.54) is 12.1 Å². The summed E-state index contributed by atoms with van der Waals surface area (Å²) in [5.41, 5.74) is -0.127. The van der Waals surface area contributed by atoms with E-state index in [0.29, 0.717) is 0 Å². The van der Waals surface area contributed by atoms with E-state index in [-0.39, 0.29) is 34.0 Å². The number of carbonyl (C=O) groups is 2.